The summed E-state index contributed by atoms with van der Waals surface area (Å²) in [5.41, 5.74) is 2.03. The lowest BCUT2D eigenvalue weighted by atomic mass is 10.1. The van der Waals surface area contributed by atoms with E-state index in [1.165, 1.54) is 0 Å². The highest BCUT2D eigenvalue weighted by Crippen LogP contribution is 2.21. The standard InChI is InChI=1S/C17H21N3O3.ClH/c1-10-14(17(22)19-8-12-7-18-9-16(12)21)5-11-3-4-13(23-2)6-15(11)20-10;/h3-6,12,16,18,21H,7-9H2,1-2H3,(H,19,22);1H. The zero-order valence-electron chi connectivity index (χ0n) is 13.7. The maximum atomic E-state index is 12.4. The molecule has 1 saturated heterocycles. The number of ether oxygens (including phenoxy) is 1. The van der Waals surface area contributed by atoms with Crippen molar-refractivity contribution in [2.45, 2.75) is 13.0 Å². The van der Waals surface area contributed by atoms with Gasteiger partial charge >= 0.3 is 0 Å². The van der Waals surface area contributed by atoms with Crippen LogP contribution in [-0.2, 0) is 0 Å². The molecule has 1 aliphatic rings. The summed E-state index contributed by atoms with van der Waals surface area (Å²) >= 11 is 0. The van der Waals surface area contributed by atoms with Crippen LogP contribution >= 0.6 is 12.4 Å². The molecule has 2 unspecified atom stereocenters. The molecule has 6 nitrogen and oxygen atoms in total. The summed E-state index contributed by atoms with van der Waals surface area (Å²) in [4.78, 5) is 16.9. The van der Waals surface area contributed by atoms with E-state index < -0.39 is 6.10 Å². The van der Waals surface area contributed by atoms with Gasteiger partial charge in [0.1, 0.15) is 5.75 Å². The first-order chi connectivity index (χ1) is 11.1. The van der Waals surface area contributed by atoms with Crippen LogP contribution in [0.3, 0.4) is 0 Å². The van der Waals surface area contributed by atoms with Gasteiger partial charge in [-0.3, -0.25) is 9.78 Å². The Morgan fingerprint density at radius 3 is 2.88 bits per heavy atom. The van der Waals surface area contributed by atoms with Gasteiger partial charge in [-0.1, -0.05) is 0 Å². The van der Waals surface area contributed by atoms with Crippen LogP contribution in [0.1, 0.15) is 16.1 Å². The number of aliphatic hydroxyl groups is 1. The molecule has 3 rings (SSSR count). The van der Waals surface area contributed by atoms with E-state index in [1.807, 2.05) is 31.2 Å². The lowest BCUT2D eigenvalue weighted by Crippen LogP contribution is -2.34. The Balaban J connectivity index is 0.00000208. The van der Waals surface area contributed by atoms with E-state index in [9.17, 15) is 9.90 Å². The third-order valence-electron chi connectivity index (χ3n) is 4.29. The van der Waals surface area contributed by atoms with Gasteiger partial charge in [0.05, 0.1) is 30.0 Å². The second-order valence-corrected chi connectivity index (χ2v) is 5.88. The highest BCUT2D eigenvalue weighted by atomic mass is 35.5. The second kappa shape index (κ2) is 7.79. The largest absolute Gasteiger partial charge is 0.497 e. The highest BCUT2D eigenvalue weighted by molar-refractivity contribution is 5.98. The predicted octanol–water partition coefficient (Wildman–Crippen LogP) is 1.28. The van der Waals surface area contributed by atoms with E-state index >= 15 is 0 Å². The van der Waals surface area contributed by atoms with Crippen molar-refractivity contribution in [1.29, 1.82) is 0 Å². The van der Waals surface area contributed by atoms with Crippen LogP contribution in [0.15, 0.2) is 24.3 Å². The monoisotopic (exact) mass is 351 g/mol. The molecule has 0 saturated carbocycles. The Kier molecular flexibility index (Phi) is 5.99. The number of benzene rings is 1. The Labute approximate surface area is 147 Å². The van der Waals surface area contributed by atoms with Gasteiger partial charge in [-0.05, 0) is 25.1 Å². The second-order valence-electron chi connectivity index (χ2n) is 5.88. The van der Waals surface area contributed by atoms with Crippen molar-refractivity contribution in [3.05, 3.63) is 35.5 Å². The van der Waals surface area contributed by atoms with Crippen LogP contribution in [0.5, 0.6) is 5.75 Å². The van der Waals surface area contributed by atoms with Crippen molar-refractivity contribution in [3.63, 3.8) is 0 Å². The van der Waals surface area contributed by atoms with Crippen LogP contribution in [0.2, 0.25) is 0 Å². The summed E-state index contributed by atoms with van der Waals surface area (Å²) in [6.07, 6.45) is -0.404. The number of carbonyl (C=O) groups excluding carboxylic acids is 1. The van der Waals surface area contributed by atoms with Crippen molar-refractivity contribution in [1.82, 2.24) is 15.6 Å². The van der Waals surface area contributed by atoms with Crippen LogP contribution in [-0.4, -0.2) is 48.8 Å². The van der Waals surface area contributed by atoms with Crippen LogP contribution < -0.4 is 15.4 Å². The third-order valence-corrected chi connectivity index (χ3v) is 4.29. The average Bonchev–Trinajstić information content (AvgIpc) is 2.96. The molecule has 0 spiro atoms. The van der Waals surface area contributed by atoms with Crippen molar-refractivity contribution < 1.29 is 14.6 Å². The molecular formula is C17H22ClN3O3. The first kappa shape index (κ1) is 18.4. The number of halogens is 1. The maximum absolute atomic E-state index is 12.4. The van der Waals surface area contributed by atoms with Gasteiger partial charge in [0.2, 0.25) is 0 Å². The molecule has 0 radical (unpaired) electrons. The molecule has 1 aromatic heterocycles. The summed E-state index contributed by atoms with van der Waals surface area (Å²) < 4.78 is 5.20. The van der Waals surface area contributed by atoms with Crippen LogP contribution in [0.4, 0.5) is 0 Å². The number of methoxy groups -OCH3 is 1. The van der Waals surface area contributed by atoms with E-state index in [4.69, 9.17) is 4.74 Å². The first-order valence-electron chi connectivity index (χ1n) is 7.71. The molecular weight excluding hydrogens is 330 g/mol. The molecule has 1 aromatic carbocycles. The SMILES string of the molecule is COc1ccc2cc(C(=O)NCC3CNCC3O)c(C)nc2c1.Cl. The molecule has 2 atom stereocenters. The van der Waals surface area contributed by atoms with Crippen LogP contribution in [0, 0.1) is 12.8 Å². The van der Waals surface area contributed by atoms with E-state index in [2.05, 4.69) is 15.6 Å². The molecule has 3 N–H and O–H groups in total. The van der Waals surface area contributed by atoms with Gasteiger partial charge in [-0.2, -0.15) is 0 Å². The molecule has 1 aliphatic heterocycles. The fourth-order valence-electron chi connectivity index (χ4n) is 2.85. The number of aromatic nitrogens is 1. The molecule has 24 heavy (non-hydrogen) atoms. The van der Waals surface area contributed by atoms with Gasteiger partial charge in [0.25, 0.3) is 5.91 Å². The van der Waals surface area contributed by atoms with Crippen molar-refractivity contribution >= 4 is 29.2 Å². The van der Waals surface area contributed by atoms with Gasteiger partial charge in [-0.15, -0.1) is 12.4 Å². The maximum Gasteiger partial charge on any atom is 0.253 e. The molecule has 130 valence electrons. The quantitative estimate of drug-likeness (QED) is 0.773. The minimum absolute atomic E-state index is 0. The number of β-amino-alcohol motifs (C(OH)–C–C–N with tert-alkyl or cyclic N) is 1. The van der Waals surface area contributed by atoms with Gasteiger partial charge < -0.3 is 20.5 Å². The number of hydrogen-bond acceptors (Lipinski definition) is 5. The molecule has 2 heterocycles. The Hall–Kier alpha value is -1.89. The summed E-state index contributed by atoms with van der Waals surface area (Å²) in [5.74, 6) is 0.632. The van der Waals surface area contributed by atoms with Crippen molar-refractivity contribution in [2.75, 3.05) is 26.7 Å². The number of aliphatic hydroxyl groups excluding tert-OH is 1. The lowest BCUT2D eigenvalue weighted by Gasteiger charge is -2.15. The number of pyridine rings is 1. The Bertz CT molecular complexity index is 738. The van der Waals surface area contributed by atoms with Gasteiger partial charge in [0.15, 0.2) is 0 Å². The van der Waals surface area contributed by atoms with Gasteiger partial charge in [-0.25, -0.2) is 0 Å². The minimum atomic E-state index is -0.404. The minimum Gasteiger partial charge on any atom is -0.497 e. The van der Waals surface area contributed by atoms with E-state index in [0.29, 0.717) is 24.3 Å². The molecule has 0 bridgehead atoms. The number of nitrogens with one attached hydrogen (secondary N) is 2. The molecule has 1 amide bonds. The topological polar surface area (TPSA) is 83.5 Å². The Morgan fingerprint density at radius 2 is 2.21 bits per heavy atom. The zero-order valence-corrected chi connectivity index (χ0v) is 14.5. The fourth-order valence-corrected chi connectivity index (χ4v) is 2.85. The normalized spacial score (nSPS) is 19.8. The number of hydrogen-bond donors (Lipinski definition) is 3. The molecule has 2 aromatic rings. The van der Waals surface area contributed by atoms with Crippen molar-refractivity contribution in [3.8, 4) is 5.75 Å². The summed E-state index contributed by atoms with van der Waals surface area (Å²) in [7, 11) is 1.61. The van der Waals surface area contributed by atoms with Crippen LogP contribution in [0.25, 0.3) is 10.9 Å². The number of nitrogens with zero attached hydrogens (tertiary/aromatic N) is 1. The first-order valence-corrected chi connectivity index (χ1v) is 7.71. The highest BCUT2D eigenvalue weighted by Gasteiger charge is 2.25. The summed E-state index contributed by atoms with van der Waals surface area (Å²) in [6.45, 7) is 3.57. The Morgan fingerprint density at radius 1 is 1.42 bits per heavy atom. The van der Waals surface area contributed by atoms with E-state index in [1.54, 1.807) is 7.11 Å². The number of aryl methyl sites for hydroxylation is 1. The van der Waals surface area contributed by atoms with E-state index in [-0.39, 0.29) is 24.2 Å². The fraction of sp³-hybridized carbons (Fsp3) is 0.412. The smallest absolute Gasteiger partial charge is 0.253 e. The molecule has 0 aliphatic carbocycles. The number of fused-ring (bicyclic) bond motifs is 1. The zero-order chi connectivity index (χ0) is 16.4. The lowest BCUT2D eigenvalue weighted by molar-refractivity contribution is 0.0926. The number of amides is 1. The molecule has 1 fully saturated rings. The van der Waals surface area contributed by atoms with Crippen molar-refractivity contribution in [2.24, 2.45) is 5.92 Å². The third kappa shape index (κ3) is 3.77. The summed E-state index contributed by atoms with van der Waals surface area (Å²) in [5, 5.41) is 16.7. The average molecular weight is 352 g/mol. The van der Waals surface area contributed by atoms with E-state index in [0.717, 1.165) is 23.2 Å². The van der Waals surface area contributed by atoms with Gasteiger partial charge in [0, 0.05) is 37.0 Å². The number of carbonyl (C=O) groups is 1. The predicted molar refractivity (Wildman–Crippen MR) is 95.0 cm³/mol. The summed E-state index contributed by atoms with van der Waals surface area (Å²) in [6, 6.07) is 7.43. The number of rotatable bonds is 4. The molecule has 7 heteroatoms.